The van der Waals surface area contributed by atoms with E-state index >= 15 is 0 Å². The van der Waals surface area contributed by atoms with Crippen LogP contribution in [-0.4, -0.2) is 24.6 Å². The molecule has 3 aromatic rings. The monoisotopic (exact) mass is 277 g/mol. The molecule has 3 rings (SSSR count). The summed E-state index contributed by atoms with van der Waals surface area (Å²) in [5, 5.41) is 9.94. The van der Waals surface area contributed by atoms with Crippen LogP contribution >= 0.6 is 23.4 Å². The van der Waals surface area contributed by atoms with Crippen molar-refractivity contribution in [1.29, 1.82) is 0 Å². The summed E-state index contributed by atoms with van der Waals surface area (Å²) >= 11 is 7.24. The molecule has 0 radical (unpaired) electrons. The fourth-order valence-electron chi connectivity index (χ4n) is 1.54. The van der Waals surface area contributed by atoms with Gasteiger partial charge in [-0.15, -0.1) is 10.2 Å². The van der Waals surface area contributed by atoms with Gasteiger partial charge >= 0.3 is 0 Å². The van der Waals surface area contributed by atoms with Crippen molar-refractivity contribution in [2.24, 2.45) is 0 Å². The number of hydrogen-bond acceptors (Lipinski definition) is 5. The second-order valence-corrected chi connectivity index (χ2v) is 4.96. The summed E-state index contributed by atoms with van der Waals surface area (Å²) in [6.45, 7) is 1.87. The molecule has 90 valence electrons. The van der Waals surface area contributed by atoms with Gasteiger partial charge in [-0.3, -0.25) is 4.40 Å². The standard InChI is InChI=1S/C11H8ClN5S/c1-7-6-9(14-10(12)13-7)18-11-16-15-8-4-2-3-5-17(8)11/h2-6H,1H3. The number of nitrogens with zero attached hydrogens (tertiary/aromatic N) is 5. The van der Waals surface area contributed by atoms with Gasteiger partial charge in [0.1, 0.15) is 5.03 Å². The summed E-state index contributed by atoms with van der Waals surface area (Å²) in [4.78, 5) is 8.18. The molecule has 0 saturated carbocycles. The number of rotatable bonds is 2. The molecule has 0 amide bonds. The van der Waals surface area contributed by atoms with Crippen molar-refractivity contribution in [1.82, 2.24) is 24.6 Å². The quantitative estimate of drug-likeness (QED) is 0.532. The van der Waals surface area contributed by atoms with Gasteiger partial charge in [0.25, 0.3) is 0 Å². The molecule has 0 spiro atoms. The van der Waals surface area contributed by atoms with Crippen molar-refractivity contribution < 1.29 is 0 Å². The summed E-state index contributed by atoms with van der Waals surface area (Å²) in [6.07, 6.45) is 1.91. The zero-order valence-corrected chi connectivity index (χ0v) is 11.0. The van der Waals surface area contributed by atoms with Crippen molar-refractivity contribution in [2.75, 3.05) is 0 Å². The van der Waals surface area contributed by atoms with Crippen LogP contribution in [0.1, 0.15) is 5.69 Å². The SMILES string of the molecule is Cc1cc(Sc2nnc3ccccn23)nc(Cl)n1. The van der Waals surface area contributed by atoms with E-state index in [0.717, 1.165) is 21.5 Å². The number of halogens is 1. The fourth-order valence-corrected chi connectivity index (χ4v) is 2.70. The second kappa shape index (κ2) is 4.55. The maximum atomic E-state index is 5.83. The largest absolute Gasteiger partial charge is 0.277 e. The number of aromatic nitrogens is 5. The van der Waals surface area contributed by atoms with Crippen LogP contribution in [0.25, 0.3) is 5.65 Å². The Balaban J connectivity index is 2.01. The molecule has 18 heavy (non-hydrogen) atoms. The normalized spacial score (nSPS) is 11.0. The lowest BCUT2D eigenvalue weighted by Gasteiger charge is -2.00. The smallest absolute Gasteiger partial charge is 0.223 e. The maximum absolute atomic E-state index is 5.83. The highest BCUT2D eigenvalue weighted by Gasteiger charge is 2.08. The molecule has 0 aliphatic carbocycles. The van der Waals surface area contributed by atoms with Crippen molar-refractivity contribution in [3.63, 3.8) is 0 Å². The van der Waals surface area contributed by atoms with Crippen molar-refractivity contribution >= 4 is 29.0 Å². The third-order valence-corrected chi connectivity index (χ3v) is 3.33. The first-order valence-electron chi connectivity index (χ1n) is 5.21. The highest BCUT2D eigenvalue weighted by Crippen LogP contribution is 2.25. The minimum absolute atomic E-state index is 0.242. The van der Waals surface area contributed by atoms with E-state index in [0.29, 0.717) is 0 Å². The minimum Gasteiger partial charge on any atom is -0.277 e. The molecule has 5 nitrogen and oxygen atoms in total. The van der Waals surface area contributed by atoms with Crippen LogP contribution in [-0.2, 0) is 0 Å². The predicted molar refractivity (Wildman–Crippen MR) is 68.9 cm³/mol. The lowest BCUT2D eigenvalue weighted by molar-refractivity contribution is 0.912. The molecule has 3 aromatic heterocycles. The topological polar surface area (TPSA) is 56.0 Å². The maximum Gasteiger partial charge on any atom is 0.223 e. The highest BCUT2D eigenvalue weighted by molar-refractivity contribution is 7.99. The molecular weight excluding hydrogens is 270 g/mol. The average Bonchev–Trinajstić information content (AvgIpc) is 2.72. The van der Waals surface area contributed by atoms with Crippen LogP contribution in [0, 0.1) is 6.92 Å². The van der Waals surface area contributed by atoms with E-state index in [4.69, 9.17) is 11.6 Å². The Morgan fingerprint density at radius 3 is 2.94 bits per heavy atom. The molecule has 0 unspecified atom stereocenters. The van der Waals surface area contributed by atoms with Crippen LogP contribution in [0.15, 0.2) is 40.6 Å². The zero-order valence-electron chi connectivity index (χ0n) is 9.41. The number of fused-ring (bicyclic) bond motifs is 1. The first-order valence-corrected chi connectivity index (χ1v) is 6.40. The van der Waals surface area contributed by atoms with Gasteiger partial charge in [-0.1, -0.05) is 6.07 Å². The Morgan fingerprint density at radius 1 is 1.22 bits per heavy atom. The van der Waals surface area contributed by atoms with Gasteiger partial charge < -0.3 is 0 Å². The van der Waals surface area contributed by atoms with E-state index in [1.54, 1.807) is 0 Å². The Labute approximate surface area is 112 Å². The zero-order chi connectivity index (χ0) is 12.5. The van der Waals surface area contributed by atoms with Gasteiger partial charge in [0.2, 0.25) is 10.4 Å². The second-order valence-electron chi connectivity index (χ2n) is 3.63. The number of hydrogen-bond donors (Lipinski definition) is 0. The summed E-state index contributed by atoms with van der Waals surface area (Å²) < 4.78 is 1.90. The molecule has 0 bridgehead atoms. The van der Waals surface area contributed by atoms with Crippen molar-refractivity contribution in [3.05, 3.63) is 41.4 Å². The van der Waals surface area contributed by atoms with E-state index in [-0.39, 0.29) is 5.28 Å². The molecule has 7 heteroatoms. The first-order chi connectivity index (χ1) is 8.72. The molecule has 0 aliphatic heterocycles. The van der Waals surface area contributed by atoms with Crippen LogP contribution in [0.4, 0.5) is 0 Å². The van der Waals surface area contributed by atoms with Gasteiger partial charge in [0.15, 0.2) is 5.65 Å². The van der Waals surface area contributed by atoms with Gasteiger partial charge in [-0.05, 0) is 48.5 Å². The Morgan fingerprint density at radius 2 is 2.11 bits per heavy atom. The number of pyridine rings is 1. The van der Waals surface area contributed by atoms with E-state index in [2.05, 4.69) is 20.2 Å². The van der Waals surface area contributed by atoms with E-state index in [1.807, 2.05) is 41.8 Å². The summed E-state index contributed by atoms with van der Waals surface area (Å²) in [5.41, 5.74) is 1.63. The first kappa shape index (κ1) is 11.4. The van der Waals surface area contributed by atoms with Crippen LogP contribution in [0.5, 0.6) is 0 Å². The van der Waals surface area contributed by atoms with Gasteiger partial charge in [-0.25, -0.2) is 9.97 Å². The lowest BCUT2D eigenvalue weighted by atomic mass is 10.5. The van der Waals surface area contributed by atoms with Crippen LogP contribution < -0.4 is 0 Å². The molecule has 0 saturated heterocycles. The Bertz CT molecular complexity index is 691. The third kappa shape index (κ3) is 2.16. The number of aryl methyl sites for hydroxylation is 1. The Kier molecular flexibility index (Phi) is 2.89. The molecule has 3 heterocycles. The molecule has 0 aliphatic rings. The lowest BCUT2D eigenvalue weighted by Crippen LogP contribution is -1.91. The molecule has 0 fully saturated rings. The van der Waals surface area contributed by atoms with E-state index < -0.39 is 0 Å². The molecule has 0 atom stereocenters. The summed E-state index contributed by atoms with van der Waals surface area (Å²) in [6, 6.07) is 7.61. The van der Waals surface area contributed by atoms with Crippen LogP contribution in [0.3, 0.4) is 0 Å². The highest BCUT2D eigenvalue weighted by atomic mass is 35.5. The van der Waals surface area contributed by atoms with E-state index in [1.165, 1.54) is 11.8 Å². The van der Waals surface area contributed by atoms with Crippen molar-refractivity contribution in [3.8, 4) is 0 Å². The minimum atomic E-state index is 0.242. The summed E-state index contributed by atoms with van der Waals surface area (Å²) in [5.74, 6) is 0. The third-order valence-electron chi connectivity index (χ3n) is 2.28. The van der Waals surface area contributed by atoms with E-state index in [9.17, 15) is 0 Å². The predicted octanol–water partition coefficient (Wildman–Crippen LogP) is 2.63. The molecular formula is C11H8ClN5S. The van der Waals surface area contributed by atoms with Gasteiger partial charge in [0, 0.05) is 11.9 Å². The van der Waals surface area contributed by atoms with Gasteiger partial charge in [-0.2, -0.15) is 0 Å². The fraction of sp³-hybridized carbons (Fsp3) is 0.0909. The van der Waals surface area contributed by atoms with Crippen LogP contribution in [0.2, 0.25) is 5.28 Å². The van der Waals surface area contributed by atoms with Gasteiger partial charge in [0.05, 0.1) is 0 Å². The average molecular weight is 278 g/mol. The van der Waals surface area contributed by atoms with Crippen molar-refractivity contribution in [2.45, 2.75) is 17.1 Å². The molecule has 0 aromatic carbocycles. The Hall–Kier alpha value is -1.66. The molecule has 0 N–H and O–H groups in total. The summed E-state index contributed by atoms with van der Waals surface area (Å²) in [7, 11) is 0.